The highest BCUT2D eigenvalue weighted by molar-refractivity contribution is 6.30. The number of aliphatic imine (C=N–C) groups is 1. The molecule has 2 aliphatic rings. The largest absolute Gasteiger partial charge is 0.497 e. The number of carbonyl (C=O) groups excluding carboxylic acids is 1. The molecule has 2 atom stereocenters. The summed E-state index contributed by atoms with van der Waals surface area (Å²) in [5.41, 5.74) is 6.76. The lowest BCUT2D eigenvalue weighted by Gasteiger charge is -2.29. The van der Waals surface area contributed by atoms with Gasteiger partial charge in [-0.2, -0.15) is 5.10 Å². The smallest absolute Gasteiger partial charge is 0.222 e. The number of nitrogens with zero attached hydrogens (tertiary/aromatic N) is 3. The number of anilines is 1. The minimum atomic E-state index is -0.346. The standard InChI is InChI=1S/C22H24ClN5O2/c1-4-24-20(29)12-18-22-27-26-13(2)28(22)19-10-9-16(30-3)11-17(19)21(25-18)14-5-7-15(23)8-6-14/h5-11,18,22,27H,4,12H2,1-3H3,(H,24,29)/t18-,22?/m0/s1. The molecule has 0 aliphatic carbocycles. The van der Waals surface area contributed by atoms with Crippen molar-refractivity contribution < 1.29 is 9.53 Å². The molecule has 30 heavy (non-hydrogen) atoms. The Bertz CT molecular complexity index is 1020. The van der Waals surface area contributed by atoms with Crippen LogP contribution in [0.4, 0.5) is 5.69 Å². The number of carbonyl (C=O) groups is 1. The molecule has 0 bridgehead atoms. The van der Waals surface area contributed by atoms with Crippen LogP contribution >= 0.6 is 11.6 Å². The molecule has 0 fully saturated rings. The average molecular weight is 426 g/mol. The molecule has 0 radical (unpaired) electrons. The van der Waals surface area contributed by atoms with E-state index in [1.165, 1.54) is 0 Å². The fourth-order valence-electron chi connectivity index (χ4n) is 3.86. The minimum absolute atomic E-state index is 0.0449. The Morgan fingerprint density at radius 1 is 1.27 bits per heavy atom. The third-order valence-electron chi connectivity index (χ3n) is 5.25. The molecule has 2 heterocycles. The van der Waals surface area contributed by atoms with Gasteiger partial charge in [0.25, 0.3) is 0 Å². The molecule has 2 N–H and O–H groups in total. The molecule has 2 aliphatic heterocycles. The van der Waals surface area contributed by atoms with Gasteiger partial charge in [0.1, 0.15) is 17.8 Å². The number of amidine groups is 1. The summed E-state index contributed by atoms with van der Waals surface area (Å²) in [5.74, 6) is 1.51. The first-order chi connectivity index (χ1) is 14.5. The molecule has 2 aromatic rings. The Labute approximate surface area is 180 Å². The molecular weight excluding hydrogens is 402 g/mol. The first-order valence-electron chi connectivity index (χ1n) is 9.89. The van der Waals surface area contributed by atoms with Gasteiger partial charge in [0, 0.05) is 22.7 Å². The second-order valence-corrected chi connectivity index (χ2v) is 7.63. The second-order valence-electron chi connectivity index (χ2n) is 7.20. The van der Waals surface area contributed by atoms with Crippen molar-refractivity contribution in [3.63, 3.8) is 0 Å². The molecule has 0 saturated carbocycles. The SMILES string of the molecule is CCNC(=O)C[C@@H]1N=C(c2ccc(Cl)cc2)c2cc(OC)ccc2N2C(C)=NNC12. The van der Waals surface area contributed by atoms with Gasteiger partial charge in [-0.3, -0.25) is 15.2 Å². The summed E-state index contributed by atoms with van der Waals surface area (Å²) in [6.07, 6.45) is -0.0166. The normalized spacial score (nSPS) is 19.7. The molecule has 0 saturated heterocycles. The van der Waals surface area contributed by atoms with E-state index in [0.717, 1.165) is 34.1 Å². The van der Waals surface area contributed by atoms with Gasteiger partial charge in [-0.1, -0.05) is 23.7 Å². The first kappa shape index (κ1) is 20.2. The van der Waals surface area contributed by atoms with Crippen molar-refractivity contribution in [2.24, 2.45) is 10.1 Å². The number of ether oxygens (including phenoxy) is 1. The van der Waals surface area contributed by atoms with Gasteiger partial charge in [0.05, 0.1) is 31.0 Å². The van der Waals surface area contributed by atoms with Crippen molar-refractivity contribution in [2.75, 3.05) is 18.6 Å². The number of fused-ring (bicyclic) bond motifs is 3. The number of hydrogen-bond acceptors (Lipinski definition) is 6. The highest BCUT2D eigenvalue weighted by atomic mass is 35.5. The molecule has 8 heteroatoms. The average Bonchev–Trinajstić information content (AvgIpc) is 3.06. The van der Waals surface area contributed by atoms with Gasteiger partial charge in [-0.05, 0) is 44.2 Å². The van der Waals surface area contributed by atoms with E-state index < -0.39 is 0 Å². The third-order valence-corrected chi connectivity index (χ3v) is 5.50. The topological polar surface area (TPSA) is 78.3 Å². The van der Waals surface area contributed by atoms with E-state index in [-0.39, 0.29) is 24.5 Å². The fraction of sp³-hybridized carbons (Fsp3) is 0.318. The summed E-state index contributed by atoms with van der Waals surface area (Å²) < 4.78 is 5.48. The van der Waals surface area contributed by atoms with E-state index in [9.17, 15) is 4.79 Å². The van der Waals surface area contributed by atoms with Gasteiger partial charge >= 0.3 is 0 Å². The highest BCUT2D eigenvalue weighted by Crippen LogP contribution is 2.35. The highest BCUT2D eigenvalue weighted by Gasteiger charge is 2.39. The molecule has 0 aromatic heterocycles. The van der Waals surface area contributed by atoms with Gasteiger partial charge in [-0.25, -0.2) is 0 Å². The van der Waals surface area contributed by atoms with E-state index in [0.29, 0.717) is 11.6 Å². The van der Waals surface area contributed by atoms with E-state index in [4.69, 9.17) is 21.3 Å². The quantitative estimate of drug-likeness (QED) is 0.771. The summed E-state index contributed by atoms with van der Waals surface area (Å²) in [6.45, 7) is 4.43. The zero-order valence-electron chi connectivity index (χ0n) is 17.1. The maximum Gasteiger partial charge on any atom is 0.222 e. The van der Waals surface area contributed by atoms with Crippen LogP contribution in [-0.4, -0.2) is 43.3 Å². The van der Waals surface area contributed by atoms with Crippen LogP contribution < -0.4 is 20.4 Å². The van der Waals surface area contributed by atoms with Crippen molar-refractivity contribution in [1.82, 2.24) is 10.7 Å². The van der Waals surface area contributed by atoms with Crippen molar-refractivity contribution in [2.45, 2.75) is 32.5 Å². The summed E-state index contributed by atoms with van der Waals surface area (Å²) in [6, 6.07) is 13.1. The van der Waals surface area contributed by atoms with Crippen molar-refractivity contribution in [3.8, 4) is 5.75 Å². The summed E-state index contributed by atoms with van der Waals surface area (Å²) in [4.78, 5) is 19.6. The van der Waals surface area contributed by atoms with Crippen molar-refractivity contribution in [1.29, 1.82) is 0 Å². The fourth-order valence-corrected chi connectivity index (χ4v) is 3.98. The number of rotatable bonds is 5. The van der Waals surface area contributed by atoms with E-state index in [1.807, 2.05) is 56.3 Å². The van der Waals surface area contributed by atoms with Gasteiger partial charge in [-0.15, -0.1) is 0 Å². The number of hydrazone groups is 1. The molecule has 2 aromatic carbocycles. The van der Waals surface area contributed by atoms with Crippen LogP contribution in [0.5, 0.6) is 5.75 Å². The molecular formula is C22H24ClN5O2. The summed E-state index contributed by atoms with van der Waals surface area (Å²) in [7, 11) is 1.64. The third kappa shape index (κ3) is 3.73. The van der Waals surface area contributed by atoms with E-state index in [1.54, 1.807) is 7.11 Å². The summed E-state index contributed by atoms with van der Waals surface area (Å²) in [5, 5.41) is 7.95. The lowest BCUT2D eigenvalue weighted by atomic mass is 9.99. The van der Waals surface area contributed by atoms with E-state index in [2.05, 4.69) is 20.7 Å². The zero-order valence-corrected chi connectivity index (χ0v) is 17.9. The van der Waals surface area contributed by atoms with Gasteiger partial charge < -0.3 is 15.0 Å². The van der Waals surface area contributed by atoms with Crippen LogP contribution in [0.1, 0.15) is 31.4 Å². The van der Waals surface area contributed by atoms with Crippen LogP contribution in [0, 0.1) is 0 Å². The predicted molar refractivity (Wildman–Crippen MR) is 120 cm³/mol. The molecule has 7 nitrogen and oxygen atoms in total. The van der Waals surface area contributed by atoms with Crippen LogP contribution in [0.2, 0.25) is 5.02 Å². The number of benzene rings is 2. The van der Waals surface area contributed by atoms with Crippen LogP contribution in [0.3, 0.4) is 0 Å². The van der Waals surface area contributed by atoms with Crippen LogP contribution in [-0.2, 0) is 4.79 Å². The number of nitrogens with one attached hydrogen (secondary N) is 2. The summed E-state index contributed by atoms with van der Waals surface area (Å²) >= 11 is 6.11. The van der Waals surface area contributed by atoms with Crippen LogP contribution in [0.25, 0.3) is 0 Å². The number of halogens is 1. The number of amides is 1. The van der Waals surface area contributed by atoms with Crippen LogP contribution in [0.15, 0.2) is 52.6 Å². The second kappa shape index (κ2) is 8.36. The predicted octanol–water partition coefficient (Wildman–Crippen LogP) is 3.16. The Hall–Kier alpha value is -3.06. The maximum atomic E-state index is 12.5. The molecule has 156 valence electrons. The zero-order chi connectivity index (χ0) is 21.3. The Balaban J connectivity index is 1.89. The van der Waals surface area contributed by atoms with Gasteiger partial charge in [0.2, 0.25) is 5.91 Å². The lowest BCUT2D eigenvalue weighted by molar-refractivity contribution is -0.121. The molecule has 4 rings (SSSR count). The molecule has 1 unspecified atom stereocenters. The van der Waals surface area contributed by atoms with Crippen molar-refractivity contribution in [3.05, 3.63) is 58.6 Å². The first-order valence-corrected chi connectivity index (χ1v) is 10.3. The minimum Gasteiger partial charge on any atom is -0.497 e. The Morgan fingerprint density at radius 3 is 2.73 bits per heavy atom. The maximum absolute atomic E-state index is 12.5. The van der Waals surface area contributed by atoms with E-state index >= 15 is 0 Å². The molecule has 0 spiro atoms. The number of methoxy groups -OCH3 is 1. The Kier molecular flexibility index (Phi) is 5.63. The molecule has 1 amide bonds. The Morgan fingerprint density at radius 2 is 2.03 bits per heavy atom. The lowest BCUT2D eigenvalue weighted by Crippen LogP contribution is -2.48. The monoisotopic (exact) mass is 425 g/mol. The van der Waals surface area contributed by atoms with Crippen molar-refractivity contribution >= 4 is 34.7 Å². The number of hydrogen-bond donors (Lipinski definition) is 2. The van der Waals surface area contributed by atoms with Gasteiger partial charge in [0.15, 0.2) is 0 Å².